The van der Waals surface area contributed by atoms with Crippen LogP contribution < -0.4 is 10.6 Å². The maximum absolute atomic E-state index is 11.4. The Morgan fingerprint density at radius 1 is 1.42 bits per heavy atom. The molecule has 112 valence electrons. The molecule has 5 nitrogen and oxygen atoms in total. The Balaban J connectivity index is 2.00. The molecule has 1 rings (SSSR count). The van der Waals surface area contributed by atoms with E-state index in [9.17, 15) is 4.79 Å². The quantitative estimate of drug-likeness (QED) is 0.727. The third-order valence-electron chi connectivity index (χ3n) is 3.01. The van der Waals surface area contributed by atoms with Gasteiger partial charge >= 0.3 is 6.09 Å². The number of carbonyl (C=O) groups excluding carboxylic acids is 1. The zero-order valence-corrected chi connectivity index (χ0v) is 12.6. The number of hydrogen-bond donors (Lipinski definition) is 2. The summed E-state index contributed by atoms with van der Waals surface area (Å²) in [5.74, 6) is 0. The predicted molar refractivity (Wildman–Crippen MR) is 75.3 cm³/mol. The Morgan fingerprint density at radius 3 is 2.74 bits per heavy atom. The average molecular weight is 272 g/mol. The number of alkyl carbamates (subject to hydrolysis) is 1. The van der Waals surface area contributed by atoms with Crippen molar-refractivity contribution in [1.29, 1.82) is 0 Å². The van der Waals surface area contributed by atoms with Gasteiger partial charge in [0.2, 0.25) is 0 Å². The molecule has 0 aromatic heterocycles. The Kier molecular flexibility index (Phi) is 6.58. The van der Waals surface area contributed by atoms with E-state index in [1.807, 2.05) is 20.8 Å². The van der Waals surface area contributed by atoms with Crippen LogP contribution in [0.25, 0.3) is 0 Å². The van der Waals surface area contributed by atoms with Crippen LogP contribution in [0.2, 0.25) is 0 Å². The molecule has 0 aromatic rings. The standard InChI is InChI=1S/C14H28N2O3/c1-11(12-7-5-10-18-12)15-8-6-9-16-13(17)19-14(2,3)4/h11-12,15H,5-10H2,1-4H3,(H,16,17). The van der Waals surface area contributed by atoms with Gasteiger partial charge in [0.15, 0.2) is 0 Å². The highest BCUT2D eigenvalue weighted by molar-refractivity contribution is 5.67. The number of hydrogen-bond acceptors (Lipinski definition) is 4. The topological polar surface area (TPSA) is 59.6 Å². The third-order valence-corrected chi connectivity index (χ3v) is 3.01. The highest BCUT2D eigenvalue weighted by atomic mass is 16.6. The molecular weight excluding hydrogens is 244 g/mol. The van der Waals surface area contributed by atoms with Crippen molar-refractivity contribution in [1.82, 2.24) is 10.6 Å². The van der Waals surface area contributed by atoms with Gasteiger partial charge in [-0.1, -0.05) is 0 Å². The fourth-order valence-corrected chi connectivity index (χ4v) is 2.05. The summed E-state index contributed by atoms with van der Waals surface area (Å²) in [6, 6.07) is 0.379. The van der Waals surface area contributed by atoms with Crippen molar-refractivity contribution in [3.63, 3.8) is 0 Å². The molecule has 1 aliphatic heterocycles. The van der Waals surface area contributed by atoms with Crippen molar-refractivity contribution in [3.05, 3.63) is 0 Å². The van der Waals surface area contributed by atoms with Gasteiger partial charge in [-0.15, -0.1) is 0 Å². The van der Waals surface area contributed by atoms with E-state index in [-0.39, 0.29) is 6.09 Å². The Morgan fingerprint density at radius 2 is 2.16 bits per heavy atom. The van der Waals surface area contributed by atoms with Crippen LogP contribution in [0, 0.1) is 0 Å². The van der Waals surface area contributed by atoms with Gasteiger partial charge in [-0.2, -0.15) is 0 Å². The van der Waals surface area contributed by atoms with E-state index in [1.54, 1.807) is 0 Å². The van der Waals surface area contributed by atoms with Crippen LogP contribution in [0.4, 0.5) is 4.79 Å². The van der Waals surface area contributed by atoms with Crippen molar-refractivity contribution in [3.8, 4) is 0 Å². The van der Waals surface area contributed by atoms with Gasteiger partial charge in [0.25, 0.3) is 0 Å². The van der Waals surface area contributed by atoms with Gasteiger partial charge in [-0.3, -0.25) is 0 Å². The van der Waals surface area contributed by atoms with Crippen LogP contribution in [0.15, 0.2) is 0 Å². The molecule has 2 unspecified atom stereocenters. The van der Waals surface area contributed by atoms with Gasteiger partial charge < -0.3 is 20.1 Å². The zero-order valence-electron chi connectivity index (χ0n) is 12.6. The summed E-state index contributed by atoms with van der Waals surface area (Å²) in [7, 11) is 0. The number of nitrogens with one attached hydrogen (secondary N) is 2. The first kappa shape index (κ1) is 16.2. The molecule has 0 aromatic carbocycles. The molecule has 1 aliphatic rings. The van der Waals surface area contributed by atoms with Gasteiger partial charge in [0, 0.05) is 19.2 Å². The van der Waals surface area contributed by atoms with Gasteiger partial charge in [0.05, 0.1) is 6.10 Å². The molecule has 5 heteroatoms. The first-order chi connectivity index (χ1) is 8.88. The lowest BCUT2D eigenvalue weighted by atomic mass is 10.1. The second-order valence-electron chi connectivity index (χ2n) is 6.08. The molecule has 1 amide bonds. The minimum Gasteiger partial charge on any atom is -0.444 e. The maximum Gasteiger partial charge on any atom is 0.407 e. The lowest BCUT2D eigenvalue weighted by Gasteiger charge is -2.21. The van der Waals surface area contributed by atoms with Crippen LogP contribution >= 0.6 is 0 Å². The molecule has 0 spiro atoms. The Bertz CT molecular complexity index is 270. The van der Waals surface area contributed by atoms with Crippen molar-refractivity contribution >= 4 is 6.09 Å². The van der Waals surface area contributed by atoms with E-state index in [0.29, 0.717) is 18.7 Å². The van der Waals surface area contributed by atoms with E-state index < -0.39 is 5.60 Å². The second kappa shape index (κ2) is 7.70. The molecular formula is C14H28N2O3. The summed E-state index contributed by atoms with van der Waals surface area (Å²) in [5, 5.41) is 6.18. The van der Waals surface area contributed by atoms with Crippen LogP contribution in [0.3, 0.4) is 0 Å². The fraction of sp³-hybridized carbons (Fsp3) is 0.929. The Labute approximate surface area is 116 Å². The monoisotopic (exact) mass is 272 g/mol. The molecule has 2 N–H and O–H groups in total. The van der Waals surface area contributed by atoms with E-state index in [4.69, 9.17) is 9.47 Å². The highest BCUT2D eigenvalue weighted by Crippen LogP contribution is 2.15. The van der Waals surface area contributed by atoms with Crippen LogP contribution in [0.1, 0.15) is 47.0 Å². The SMILES string of the molecule is CC(NCCCNC(=O)OC(C)(C)C)C1CCCO1. The lowest BCUT2D eigenvalue weighted by molar-refractivity contribution is 0.0526. The van der Waals surface area contributed by atoms with Crippen molar-refractivity contribution in [2.24, 2.45) is 0 Å². The molecule has 0 aliphatic carbocycles. The summed E-state index contributed by atoms with van der Waals surface area (Å²) >= 11 is 0. The van der Waals surface area contributed by atoms with Gasteiger partial charge in [0.1, 0.15) is 5.60 Å². The summed E-state index contributed by atoms with van der Waals surface area (Å²) in [6.45, 7) is 10.1. The first-order valence-corrected chi connectivity index (χ1v) is 7.20. The summed E-state index contributed by atoms with van der Waals surface area (Å²) in [6.07, 6.45) is 3.19. The van der Waals surface area contributed by atoms with Crippen LogP contribution in [0.5, 0.6) is 0 Å². The molecule has 0 bridgehead atoms. The zero-order chi connectivity index (χ0) is 14.3. The summed E-state index contributed by atoms with van der Waals surface area (Å²) < 4.78 is 10.8. The largest absolute Gasteiger partial charge is 0.444 e. The van der Waals surface area contributed by atoms with Crippen molar-refractivity contribution in [2.75, 3.05) is 19.7 Å². The Hall–Kier alpha value is -0.810. The normalized spacial score (nSPS) is 21.2. The number of rotatable bonds is 6. The number of carbonyl (C=O) groups is 1. The van der Waals surface area contributed by atoms with Crippen molar-refractivity contribution < 1.29 is 14.3 Å². The minimum absolute atomic E-state index is 0.346. The van der Waals surface area contributed by atoms with Gasteiger partial charge in [-0.05, 0) is 53.5 Å². The minimum atomic E-state index is -0.434. The molecule has 1 saturated heterocycles. The molecule has 19 heavy (non-hydrogen) atoms. The lowest BCUT2D eigenvalue weighted by Crippen LogP contribution is -2.39. The molecule has 1 fully saturated rings. The second-order valence-corrected chi connectivity index (χ2v) is 6.08. The fourth-order valence-electron chi connectivity index (χ4n) is 2.05. The predicted octanol–water partition coefficient (Wildman–Crippen LogP) is 2.06. The van der Waals surface area contributed by atoms with Gasteiger partial charge in [-0.25, -0.2) is 4.79 Å². The highest BCUT2D eigenvalue weighted by Gasteiger charge is 2.21. The number of amides is 1. The summed E-state index contributed by atoms with van der Waals surface area (Å²) in [4.78, 5) is 11.4. The van der Waals surface area contributed by atoms with E-state index in [1.165, 1.54) is 0 Å². The van der Waals surface area contributed by atoms with E-state index in [0.717, 1.165) is 32.4 Å². The van der Waals surface area contributed by atoms with E-state index in [2.05, 4.69) is 17.6 Å². The molecule has 2 atom stereocenters. The number of ether oxygens (including phenoxy) is 2. The summed E-state index contributed by atoms with van der Waals surface area (Å²) in [5.41, 5.74) is -0.434. The smallest absolute Gasteiger partial charge is 0.407 e. The average Bonchev–Trinajstić information content (AvgIpc) is 2.79. The molecule has 1 heterocycles. The van der Waals surface area contributed by atoms with Crippen LogP contribution in [-0.2, 0) is 9.47 Å². The van der Waals surface area contributed by atoms with Crippen molar-refractivity contribution in [2.45, 2.75) is 64.7 Å². The molecule has 0 saturated carbocycles. The van der Waals surface area contributed by atoms with Crippen LogP contribution in [-0.4, -0.2) is 43.5 Å². The first-order valence-electron chi connectivity index (χ1n) is 7.20. The van der Waals surface area contributed by atoms with E-state index >= 15 is 0 Å². The third kappa shape index (κ3) is 7.38. The maximum atomic E-state index is 11.4. The molecule has 0 radical (unpaired) electrons.